The lowest BCUT2D eigenvalue weighted by atomic mass is 10.2. The first kappa shape index (κ1) is 14.3. The predicted octanol–water partition coefficient (Wildman–Crippen LogP) is 5.16. The number of thioether (sulfide) groups is 1. The zero-order chi connectivity index (χ0) is 13.7. The van der Waals surface area contributed by atoms with Gasteiger partial charge < -0.3 is 0 Å². The number of hydrogen-bond acceptors (Lipinski definition) is 3. The Kier molecular flexibility index (Phi) is 5.14. The Balaban J connectivity index is 2.00. The largest absolute Gasteiger partial charge is 0.278 e. The molecule has 0 aliphatic rings. The molecule has 0 fully saturated rings. The number of nitrogens with zero attached hydrogens (tertiary/aromatic N) is 1. The van der Waals surface area contributed by atoms with Crippen molar-refractivity contribution < 1.29 is 0 Å². The Morgan fingerprint density at radius 2 is 1.79 bits per heavy atom. The summed E-state index contributed by atoms with van der Waals surface area (Å²) in [4.78, 5) is 1.23. The van der Waals surface area contributed by atoms with E-state index in [1.807, 2.05) is 18.2 Å². The molecule has 0 saturated carbocycles. The molecule has 0 spiro atoms. The number of halogens is 2. The zero-order valence-corrected chi connectivity index (χ0v) is 12.6. The second-order valence-electron chi connectivity index (χ2n) is 3.77. The van der Waals surface area contributed by atoms with Gasteiger partial charge in [0.1, 0.15) is 0 Å². The van der Waals surface area contributed by atoms with Crippen LogP contribution in [-0.2, 0) is 0 Å². The summed E-state index contributed by atoms with van der Waals surface area (Å²) in [5, 5.41) is 5.19. The lowest BCUT2D eigenvalue weighted by Gasteiger charge is -2.02. The summed E-state index contributed by atoms with van der Waals surface area (Å²) in [6, 6.07) is 13.4. The third-order valence-electron chi connectivity index (χ3n) is 2.44. The fourth-order valence-corrected chi connectivity index (χ4v) is 2.14. The molecule has 2 nitrogen and oxygen atoms in total. The number of hydrogen-bond donors (Lipinski definition) is 1. The van der Waals surface area contributed by atoms with Gasteiger partial charge in [0.2, 0.25) is 0 Å². The number of benzene rings is 2. The van der Waals surface area contributed by atoms with Crippen LogP contribution < -0.4 is 5.43 Å². The van der Waals surface area contributed by atoms with Crippen molar-refractivity contribution in [2.75, 3.05) is 11.7 Å². The molecule has 2 aromatic rings. The average Bonchev–Trinajstić information content (AvgIpc) is 2.43. The van der Waals surface area contributed by atoms with Gasteiger partial charge in [0.15, 0.2) is 0 Å². The molecular formula is C14H12Cl2N2S. The molecule has 98 valence electrons. The van der Waals surface area contributed by atoms with Crippen LogP contribution in [0.15, 0.2) is 52.5 Å². The van der Waals surface area contributed by atoms with Crippen LogP contribution in [0.5, 0.6) is 0 Å². The van der Waals surface area contributed by atoms with E-state index in [0.717, 1.165) is 11.3 Å². The molecule has 0 radical (unpaired) electrons. The van der Waals surface area contributed by atoms with Gasteiger partial charge in [-0.3, -0.25) is 5.43 Å². The molecule has 2 rings (SSSR count). The van der Waals surface area contributed by atoms with Gasteiger partial charge in [-0.1, -0.05) is 35.3 Å². The number of anilines is 1. The minimum absolute atomic E-state index is 0.506. The molecule has 0 amide bonds. The zero-order valence-electron chi connectivity index (χ0n) is 10.2. The maximum Gasteiger partial charge on any atom is 0.0613 e. The van der Waals surface area contributed by atoms with Gasteiger partial charge >= 0.3 is 0 Å². The maximum atomic E-state index is 5.92. The van der Waals surface area contributed by atoms with E-state index in [2.05, 4.69) is 28.9 Å². The quantitative estimate of drug-likeness (QED) is 0.479. The van der Waals surface area contributed by atoms with Crippen molar-refractivity contribution in [1.29, 1.82) is 0 Å². The van der Waals surface area contributed by atoms with Crippen LogP contribution in [-0.4, -0.2) is 12.5 Å². The second kappa shape index (κ2) is 6.85. The van der Waals surface area contributed by atoms with Crippen LogP contribution in [0.4, 0.5) is 5.69 Å². The van der Waals surface area contributed by atoms with Gasteiger partial charge in [-0.2, -0.15) is 5.10 Å². The van der Waals surface area contributed by atoms with Crippen LogP contribution in [0.3, 0.4) is 0 Å². The Bertz CT molecular complexity index is 582. The van der Waals surface area contributed by atoms with E-state index in [1.54, 1.807) is 30.1 Å². The molecule has 0 bridgehead atoms. The summed E-state index contributed by atoms with van der Waals surface area (Å²) < 4.78 is 0. The summed E-state index contributed by atoms with van der Waals surface area (Å²) in [6.07, 6.45) is 3.81. The monoisotopic (exact) mass is 310 g/mol. The first-order valence-electron chi connectivity index (χ1n) is 5.57. The summed E-state index contributed by atoms with van der Waals surface area (Å²) in [6.45, 7) is 0. The lowest BCUT2D eigenvalue weighted by Crippen LogP contribution is -1.90. The maximum absolute atomic E-state index is 5.92. The molecule has 0 heterocycles. The molecular weight excluding hydrogens is 299 g/mol. The van der Waals surface area contributed by atoms with Crippen LogP contribution in [0, 0.1) is 0 Å². The summed E-state index contributed by atoms with van der Waals surface area (Å²) in [5.41, 5.74) is 4.74. The average molecular weight is 311 g/mol. The molecule has 0 aliphatic carbocycles. The van der Waals surface area contributed by atoms with Crippen molar-refractivity contribution in [2.45, 2.75) is 4.90 Å². The van der Waals surface area contributed by atoms with E-state index in [1.165, 1.54) is 4.90 Å². The van der Waals surface area contributed by atoms with Crippen molar-refractivity contribution in [3.8, 4) is 0 Å². The normalized spacial score (nSPS) is 10.9. The van der Waals surface area contributed by atoms with E-state index in [-0.39, 0.29) is 0 Å². The highest BCUT2D eigenvalue weighted by Gasteiger charge is 1.97. The standard InChI is InChI=1S/C14H12Cl2N2S/c1-19-12-5-2-10(3-6-12)9-17-18-11-4-7-13(15)14(16)8-11/h2-9,18H,1H3/b17-9-. The Morgan fingerprint density at radius 1 is 1.05 bits per heavy atom. The smallest absolute Gasteiger partial charge is 0.0613 e. The molecule has 5 heteroatoms. The van der Waals surface area contributed by atoms with E-state index in [0.29, 0.717) is 10.0 Å². The number of nitrogens with one attached hydrogen (secondary N) is 1. The molecule has 19 heavy (non-hydrogen) atoms. The third-order valence-corrected chi connectivity index (χ3v) is 3.93. The minimum Gasteiger partial charge on any atom is -0.278 e. The topological polar surface area (TPSA) is 24.4 Å². The highest BCUT2D eigenvalue weighted by molar-refractivity contribution is 7.98. The van der Waals surface area contributed by atoms with Gasteiger partial charge in [-0.05, 0) is 42.2 Å². The minimum atomic E-state index is 0.506. The van der Waals surface area contributed by atoms with E-state index in [4.69, 9.17) is 23.2 Å². The van der Waals surface area contributed by atoms with Gasteiger partial charge in [-0.15, -0.1) is 11.8 Å². The van der Waals surface area contributed by atoms with Crippen LogP contribution >= 0.6 is 35.0 Å². The fraction of sp³-hybridized carbons (Fsp3) is 0.0714. The molecule has 0 unspecified atom stereocenters. The van der Waals surface area contributed by atoms with Gasteiger partial charge in [0, 0.05) is 4.90 Å². The molecule has 0 atom stereocenters. The van der Waals surface area contributed by atoms with E-state index in [9.17, 15) is 0 Å². The molecule has 0 aliphatic heterocycles. The molecule has 0 saturated heterocycles. The van der Waals surface area contributed by atoms with Crippen molar-refractivity contribution >= 4 is 46.9 Å². The van der Waals surface area contributed by atoms with Gasteiger partial charge in [-0.25, -0.2) is 0 Å². The lowest BCUT2D eigenvalue weighted by molar-refractivity contribution is 1.35. The second-order valence-corrected chi connectivity index (χ2v) is 5.47. The first-order valence-corrected chi connectivity index (χ1v) is 7.55. The van der Waals surface area contributed by atoms with E-state index >= 15 is 0 Å². The van der Waals surface area contributed by atoms with Crippen LogP contribution in [0.25, 0.3) is 0 Å². The number of hydrazone groups is 1. The summed E-state index contributed by atoms with van der Waals surface area (Å²) in [7, 11) is 0. The Labute approximate surface area is 126 Å². The van der Waals surface area contributed by atoms with E-state index < -0.39 is 0 Å². The number of rotatable bonds is 4. The molecule has 1 N–H and O–H groups in total. The summed E-state index contributed by atoms with van der Waals surface area (Å²) >= 11 is 13.5. The predicted molar refractivity (Wildman–Crippen MR) is 85.9 cm³/mol. The van der Waals surface area contributed by atoms with Crippen LogP contribution in [0.1, 0.15) is 5.56 Å². The Hall–Kier alpha value is -1.16. The van der Waals surface area contributed by atoms with Crippen LogP contribution in [0.2, 0.25) is 10.0 Å². The van der Waals surface area contributed by atoms with Crippen molar-refractivity contribution in [3.63, 3.8) is 0 Å². The summed E-state index contributed by atoms with van der Waals surface area (Å²) in [5.74, 6) is 0. The Morgan fingerprint density at radius 3 is 2.42 bits per heavy atom. The molecule has 0 aromatic heterocycles. The third kappa shape index (κ3) is 4.16. The molecule has 2 aromatic carbocycles. The SMILES string of the molecule is CSc1ccc(/C=N\Nc2ccc(Cl)c(Cl)c2)cc1. The van der Waals surface area contributed by atoms with Crippen molar-refractivity contribution in [1.82, 2.24) is 0 Å². The first-order chi connectivity index (χ1) is 9.19. The van der Waals surface area contributed by atoms with Gasteiger partial charge in [0.25, 0.3) is 0 Å². The highest BCUT2D eigenvalue weighted by Crippen LogP contribution is 2.24. The highest BCUT2D eigenvalue weighted by atomic mass is 35.5. The van der Waals surface area contributed by atoms with Crippen molar-refractivity contribution in [2.24, 2.45) is 5.10 Å². The van der Waals surface area contributed by atoms with Gasteiger partial charge in [0.05, 0.1) is 21.9 Å². The fourth-order valence-electron chi connectivity index (χ4n) is 1.44. The van der Waals surface area contributed by atoms with Crippen molar-refractivity contribution in [3.05, 3.63) is 58.1 Å².